The highest BCUT2D eigenvalue weighted by atomic mass is 16.4. The van der Waals surface area contributed by atoms with Crippen LogP contribution in [0.15, 0.2) is 0 Å². The van der Waals surface area contributed by atoms with Gasteiger partial charge in [0.1, 0.15) is 0 Å². The van der Waals surface area contributed by atoms with Gasteiger partial charge in [0.15, 0.2) is 0 Å². The van der Waals surface area contributed by atoms with Crippen molar-refractivity contribution in [3.05, 3.63) is 0 Å². The molecule has 2 amide bonds. The Hall–Kier alpha value is -1.26. The largest absolute Gasteiger partial charge is 0.481 e. The van der Waals surface area contributed by atoms with E-state index < -0.39 is 11.4 Å². The molecule has 1 aliphatic carbocycles. The Morgan fingerprint density at radius 1 is 1.26 bits per heavy atom. The predicted octanol–water partition coefficient (Wildman–Crippen LogP) is 2.46. The molecule has 5 heteroatoms. The SMILES string of the molecule is CCC(CC)(CNC(=O)N(C)C1CCCC1)C(=O)O. The van der Waals surface area contributed by atoms with E-state index in [1.54, 1.807) is 11.9 Å². The highest BCUT2D eigenvalue weighted by molar-refractivity contribution is 5.78. The molecule has 0 aromatic rings. The fraction of sp³-hybridized carbons (Fsp3) is 0.857. The molecule has 0 aromatic carbocycles. The minimum atomic E-state index is -0.841. The summed E-state index contributed by atoms with van der Waals surface area (Å²) in [6.07, 6.45) is 5.49. The van der Waals surface area contributed by atoms with E-state index in [-0.39, 0.29) is 12.6 Å². The highest BCUT2D eigenvalue weighted by Crippen LogP contribution is 2.26. The van der Waals surface area contributed by atoms with Gasteiger partial charge in [0.25, 0.3) is 0 Å². The summed E-state index contributed by atoms with van der Waals surface area (Å²) in [5.74, 6) is -0.832. The molecule has 1 fully saturated rings. The van der Waals surface area contributed by atoms with Crippen LogP contribution in [0.25, 0.3) is 0 Å². The van der Waals surface area contributed by atoms with E-state index in [1.807, 2.05) is 13.8 Å². The number of carbonyl (C=O) groups is 2. The van der Waals surface area contributed by atoms with Crippen LogP contribution in [0.3, 0.4) is 0 Å². The second-order valence-electron chi connectivity index (χ2n) is 5.50. The van der Waals surface area contributed by atoms with Crippen LogP contribution in [0.1, 0.15) is 52.4 Å². The van der Waals surface area contributed by atoms with Crippen LogP contribution in [0.4, 0.5) is 4.79 Å². The van der Waals surface area contributed by atoms with Crippen LogP contribution >= 0.6 is 0 Å². The van der Waals surface area contributed by atoms with E-state index in [2.05, 4.69) is 5.32 Å². The molecular formula is C14H26N2O3. The first-order valence-corrected chi connectivity index (χ1v) is 7.21. The summed E-state index contributed by atoms with van der Waals surface area (Å²) in [4.78, 5) is 25.1. The van der Waals surface area contributed by atoms with E-state index in [0.29, 0.717) is 18.9 Å². The first kappa shape index (κ1) is 15.8. The Morgan fingerprint density at radius 2 is 1.79 bits per heavy atom. The summed E-state index contributed by atoms with van der Waals surface area (Å²) in [6, 6.07) is 0.155. The summed E-state index contributed by atoms with van der Waals surface area (Å²) in [6.45, 7) is 3.90. The number of nitrogens with zero attached hydrogens (tertiary/aromatic N) is 1. The number of hydrogen-bond acceptors (Lipinski definition) is 2. The molecule has 0 heterocycles. The highest BCUT2D eigenvalue weighted by Gasteiger charge is 2.35. The second kappa shape index (κ2) is 6.78. The lowest BCUT2D eigenvalue weighted by Gasteiger charge is -2.30. The molecule has 0 spiro atoms. The number of urea groups is 1. The second-order valence-corrected chi connectivity index (χ2v) is 5.50. The van der Waals surface area contributed by atoms with E-state index in [0.717, 1.165) is 12.8 Å². The molecule has 0 saturated heterocycles. The fourth-order valence-electron chi connectivity index (χ4n) is 2.70. The van der Waals surface area contributed by atoms with E-state index in [1.165, 1.54) is 12.8 Å². The van der Waals surface area contributed by atoms with Gasteiger partial charge in [-0.05, 0) is 25.7 Å². The van der Waals surface area contributed by atoms with Gasteiger partial charge < -0.3 is 15.3 Å². The molecule has 1 rings (SSSR count). The zero-order valence-corrected chi connectivity index (χ0v) is 12.2. The molecular weight excluding hydrogens is 244 g/mol. The van der Waals surface area contributed by atoms with Gasteiger partial charge in [-0.3, -0.25) is 4.79 Å². The lowest BCUT2D eigenvalue weighted by atomic mass is 9.82. The number of carbonyl (C=O) groups excluding carboxylic acids is 1. The third-order valence-corrected chi connectivity index (χ3v) is 4.58. The molecule has 0 aliphatic heterocycles. The number of rotatable bonds is 6. The topological polar surface area (TPSA) is 69.6 Å². The van der Waals surface area contributed by atoms with Crippen molar-refractivity contribution >= 4 is 12.0 Å². The first-order valence-electron chi connectivity index (χ1n) is 7.21. The minimum Gasteiger partial charge on any atom is -0.481 e. The molecule has 1 aliphatic rings. The molecule has 1 saturated carbocycles. The Bertz CT molecular complexity index is 321. The summed E-state index contributed by atoms with van der Waals surface area (Å²) >= 11 is 0. The van der Waals surface area contributed by atoms with Gasteiger partial charge in [-0.2, -0.15) is 0 Å². The molecule has 0 aromatic heterocycles. The Morgan fingerprint density at radius 3 is 2.21 bits per heavy atom. The Balaban J connectivity index is 2.54. The van der Waals surface area contributed by atoms with E-state index in [4.69, 9.17) is 0 Å². The van der Waals surface area contributed by atoms with Crippen molar-refractivity contribution in [2.75, 3.05) is 13.6 Å². The van der Waals surface area contributed by atoms with Gasteiger partial charge in [-0.25, -0.2) is 4.79 Å². The summed E-state index contributed by atoms with van der Waals surface area (Å²) < 4.78 is 0. The minimum absolute atomic E-state index is 0.153. The number of carboxylic acids is 1. The Labute approximate surface area is 115 Å². The van der Waals surface area contributed by atoms with Crippen molar-refractivity contribution in [1.29, 1.82) is 0 Å². The standard InChI is InChI=1S/C14H26N2O3/c1-4-14(5-2,12(17)18)10-15-13(19)16(3)11-8-6-7-9-11/h11H,4-10H2,1-3H3,(H,15,19)(H,17,18). The zero-order valence-electron chi connectivity index (χ0n) is 12.2. The van der Waals surface area contributed by atoms with Crippen LogP contribution in [-0.2, 0) is 4.79 Å². The van der Waals surface area contributed by atoms with Crippen molar-refractivity contribution in [2.45, 2.75) is 58.4 Å². The quantitative estimate of drug-likeness (QED) is 0.779. The number of carboxylic acid groups (broad SMARTS) is 1. The molecule has 2 N–H and O–H groups in total. The third-order valence-electron chi connectivity index (χ3n) is 4.58. The van der Waals surface area contributed by atoms with Gasteiger partial charge in [0, 0.05) is 19.6 Å². The summed E-state index contributed by atoms with van der Waals surface area (Å²) in [5, 5.41) is 12.1. The van der Waals surface area contributed by atoms with Crippen LogP contribution in [0.2, 0.25) is 0 Å². The molecule has 0 atom stereocenters. The molecule has 5 nitrogen and oxygen atoms in total. The third kappa shape index (κ3) is 3.61. The lowest BCUT2D eigenvalue weighted by Crippen LogP contribution is -2.48. The van der Waals surface area contributed by atoms with Crippen LogP contribution in [0.5, 0.6) is 0 Å². The molecule has 0 unspecified atom stereocenters. The van der Waals surface area contributed by atoms with Crippen molar-refractivity contribution in [3.63, 3.8) is 0 Å². The molecule has 110 valence electrons. The zero-order chi connectivity index (χ0) is 14.5. The van der Waals surface area contributed by atoms with Gasteiger partial charge >= 0.3 is 12.0 Å². The van der Waals surface area contributed by atoms with Crippen molar-refractivity contribution in [2.24, 2.45) is 5.41 Å². The van der Waals surface area contributed by atoms with Crippen molar-refractivity contribution in [3.8, 4) is 0 Å². The van der Waals surface area contributed by atoms with Gasteiger partial charge in [-0.15, -0.1) is 0 Å². The first-order chi connectivity index (χ1) is 8.96. The summed E-state index contributed by atoms with van der Waals surface area (Å²) in [7, 11) is 1.80. The van der Waals surface area contributed by atoms with Gasteiger partial charge in [0.2, 0.25) is 0 Å². The maximum absolute atomic E-state index is 12.1. The van der Waals surface area contributed by atoms with Crippen molar-refractivity contribution in [1.82, 2.24) is 10.2 Å². The van der Waals surface area contributed by atoms with Gasteiger partial charge in [0.05, 0.1) is 5.41 Å². The maximum Gasteiger partial charge on any atom is 0.317 e. The average molecular weight is 270 g/mol. The fourth-order valence-corrected chi connectivity index (χ4v) is 2.70. The number of nitrogens with one attached hydrogen (secondary N) is 1. The average Bonchev–Trinajstić information content (AvgIpc) is 2.92. The van der Waals surface area contributed by atoms with E-state index >= 15 is 0 Å². The smallest absolute Gasteiger partial charge is 0.317 e. The molecule has 0 bridgehead atoms. The van der Waals surface area contributed by atoms with Crippen molar-refractivity contribution < 1.29 is 14.7 Å². The molecule has 19 heavy (non-hydrogen) atoms. The maximum atomic E-state index is 12.1. The molecule has 0 radical (unpaired) electrons. The number of hydrogen-bond donors (Lipinski definition) is 2. The van der Waals surface area contributed by atoms with Crippen LogP contribution in [-0.4, -0.2) is 41.6 Å². The normalized spacial score (nSPS) is 16.4. The number of amides is 2. The summed E-state index contributed by atoms with van der Waals surface area (Å²) in [5.41, 5.74) is -0.841. The van der Waals surface area contributed by atoms with Crippen LogP contribution < -0.4 is 5.32 Å². The lowest BCUT2D eigenvalue weighted by molar-refractivity contribution is -0.149. The number of aliphatic carboxylic acids is 1. The van der Waals surface area contributed by atoms with Gasteiger partial charge in [-0.1, -0.05) is 26.7 Å². The Kier molecular flexibility index (Phi) is 5.63. The predicted molar refractivity (Wildman–Crippen MR) is 74.1 cm³/mol. The van der Waals surface area contributed by atoms with E-state index in [9.17, 15) is 14.7 Å². The van der Waals surface area contributed by atoms with Crippen LogP contribution in [0, 0.1) is 5.41 Å². The monoisotopic (exact) mass is 270 g/mol.